The van der Waals surface area contributed by atoms with E-state index in [1.807, 2.05) is 36.5 Å². The third kappa shape index (κ3) is 2.27. The number of hydrogen-bond acceptors (Lipinski definition) is 4. The Bertz CT molecular complexity index is 679. The van der Waals surface area contributed by atoms with Crippen LogP contribution in [0.25, 0.3) is 16.9 Å². The molecule has 0 aliphatic carbocycles. The minimum absolute atomic E-state index is 0.523. The molecule has 5 nitrogen and oxygen atoms in total. The third-order valence-electron chi connectivity index (χ3n) is 2.71. The maximum atomic E-state index is 5.71. The Kier molecular flexibility index (Phi) is 3.10. The van der Waals surface area contributed by atoms with Crippen molar-refractivity contribution in [2.24, 2.45) is 0 Å². The normalized spacial score (nSPS) is 10.8. The van der Waals surface area contributed by atoms with E-state index in [1.54, 1.807) is 10.9 Å². The lowest BCUT2D eigenvalue weighted by Gasteiger charge is -2.09. The van der Waals surface area contributed by atoms with Gasteiger partial charge in [-0.2, -0.15) is 10.1 Å². The molecule has 0 N–H and O–H groups in total. The molecule has 0 saturated carbocycles. The summed E-state index contributed by atoms with van der Waals surface area (Å²) in [5, 5.41) is 5.07. The first kappa shape index (κ1) is 11.6. The van der Waals surface area contributed by atoms with Gasteiger partial charge in [0.2, 0.25) is 5.88 Å². The lowest BCUT2D eigenvalue weighted by Crippen LogP contribution is -2.05. The molecule has 0 atom stereocenters. The number of para-hydroxylation sites is 1. The van der Waals surface area contributed by atoms with Crippen LogP contribution in [-0.2, 0) is 0 Å². The van der Waals surface area contributed by atoms with Gasteiger partial charge in [-0.1, -0.05) is 19.1 Å². The smallest absolute Gasteiger partial charge is 0.254 e. The summed E-state index contributed by atoms with van der Waals surface area (Å²) < 4.78 is 7.35. The first-order chi connectivity index (χ1) is 9.38. The number of aromatic nitrogens is 4. The van der Waals surface area contributed by atoms with Gasteiger partial charge < -0.3 is 4.74 Å². The zero-order valence-electron chi connectivity index (χ0n) is 10.7. The van der Waals surface area contributed by atoms with E-state index in [-0.39, 0.29) is 0 Å². The molecular formula is C14H14N4O. The number of nitrogens with zero attached hydrogens (tertiary/aromatic N) is 4. The Hall–Kier alpha value is -2.43. The van der Waals surface area contributed by atoms with Crippen molar-refractivity contribution in [3.8, 4) is 11.8 Å². The van der Waals surface area contributed by atoms with Crippen LogP contribution in [0, 0.1) is 0 Å². The molecular weight excluding hydrogens is 240 g/mol. The van der Waals surface area contributed by atoms with Crippen molar-refractivity contribution in [3.63, 3.8) is 0 Å². The largest absolute Gasteiger partial charge is 0.477 e. The highest BCUT2D eigenvalue weighted by Crippen LogP contribution is 2.23. The quantitative estimate of drug-likeness (QED) is 0.718. The standard InChI is InChI=1S/C14H14N4O/c1-2-10-19-13-11-6-3-4-7-12(11)16-14(17-13)18-9-5-8-15-18/h3-9H,2,10H2,1H3. The van der Waals surface area contributed by atoms with Gasteiger partial charge in [0.15, 0.2) is 0 Å². The van der Waals surface area contributed by atoms with Gasteiger partial charge in [0.25, 0.3) is 5.95 Å². The summed E-state index contributed by atoms with van der Waals surface area (Å²) in [4.78, 5) is 8.94. The highest BCUT2D eigenvalue weighted by Gasteiger charge is 2.09. The molecule has 5 heteroatoms. The highest BCUT2D eigenvalue weighted by molar-refractivity contribution is 5.83. The Balaban J connectivity index is 2.15. The zero-order valence-corrected chi connectivity index (χ0v) is 10.7. The molecule has 3 rings (SSSR count). The van der Waals surface area contributed by atoms with Crippen molar-refractivity contribution in [3.05, 3.63) is 42.7 Å². The zero-order chi connectivity index (χ0) is 13.1. The van der Waals surface area contributed by atoms with Crippen LogP contribution in [0.5, 0.6) is 5.88 Å². The Morgan fingerprint density at radius 2 is 2.05 bits per heavy atom. The number of ether oxygens (including phenoxy) is 1. The fourth-order valence-electron chi connectivity index (χ4n) is 1.83. The molecule has 0 bridgehead atoms. The molecule has 1 aromatic carbocycles. The van der Waals surface area contributed by atoms with Gasteiger partial charge in [0, 0.05) is 12.4 Å². The summed E-state index contributed by atoms with van der Waals surface area (Å²) in [6, 6.07) is 9.66. The Labute approximate surface area is 110 Å². The van der Waals surface area contributed by atoms with Gasteiger partial charge in [-0.25, -0.2) is 9.67 Å². The van der Waals surface area contributed by atoms with Gasteiger partial charge >= 0.3 is 0 Å². The summed E-state index contributed by atoms with van der Waals surface area (Å²) in [5.74, 6) is 1.13. The van der Waals surface area contributed by atoms with Crippen LogP contribution in [-0.4, -0.2) is 26.4 Å². The van der Waals surface area contributed by atoms with E-state index in [0.717, 1.165) is 17.3 Å². The van der Waals surface area contributed by atoms with Crippen LogP contribution in [0.15, 0.2) is 42.7 Å². The van der Waals surface area contributed by atoms with E-state index in [0.29, 0.717) is 18.4 Å². The van der Waals surface area contributed by atoms with Crippen LogP contribution < -0.4 is 4.74 Å². The molecule has 3 aromatic rings. The maximum absolute atomic E-state index is 5.71. The fraction of sp³-hybridized carbons (Fsp3) is 0.214. The van der Waals surface area contributed by atoms with E-state index < -0.39 is 0 Å². The average Bonchev–Trinajstić information content (AvgIpc) is 2.98. The minimum Gasteiger partial charge on any atom is -0.477 e. The second-order valence-corrected chi connectivity index (χ2v) is 4.15. The van der Waals surface area contributed by atoms with Crippen molar-refractivity contribution in [2.75, 3.05) is 6.61 Å². The van der Waals surface area contributed by atoms with Gasteiger partial charge in [0.1, 0.15) is 0 Å². The molecule has 0 saturated heterocycles. The lowest BCUT2D eigenvalue weighted by atomic mass is 10.2. The fourth-order valence-corrected chi connectivity index (χ4v) is 1.83. The van der Waals surface area contributed by atoms with Crippen LogP contribution in [0.3, 0.4) is 0 Å². The van der Waals surface area contributed by atoms with Crippen LogP contribution >= 0.6 is 0 Å². The number of benzene rings is 1. The Morgan fingerprint density at radius 1 is 1.16 bits per heavy atom. The van der Waals surface area contributed by atoms with Gasteiger partial charge in [-0.15, -0.1) is 0 Å². The van der Waals surface area contributed by atoms with Gasteiger partial charge in [-0.05, 0) is 24.6 Å². The molecule has 96 valence electrons. The molecule has 19 heavy (non-hydrogen) atoms. The number of hydrogen-bond donors (Lipinski definition) is 0. The van der Waals surface area contributed by atoms with E-state index in [2.05, 4.69) is 22.0 Å². The summed E-state index contributed by atoms with van der Waals surface area (Å²) in [5.41, 5.74) is 0.856. The molecule has 0 radical (unpaired) electrons. The van der Waals surface area contributed by atoms with Crippen LogP contribution in [0.4, 0.5) is 0 Å². The summed E-state index contributed by atoms with van der Waals surface area (Å²) >= 11 is 0. The average molecular weight is 254 g/mol. The Morgan fingerprint density at radius 3 is 2.84 bits per heavy atom. The summed E-state index contributed by atoms with van der Waals surface area (Å²) in [6.45, 7) is 2.71. The first-order valence-electron chi connectivity index (χ1n) is 6.28. The van der Waals surface area contributed by atoms with E-state index in [1.165, 1.54) is 0 Å². The maximum Gasteiger partial charge on any atom is 0.254 e. The molecule has 0 fully saturated rings. The van der Waals surface area contributed by atoms with E-state index in [4.69, 9.17) is 4.74 Å². The highest BCUT2D eigenvalue weighted by atomic mass is 16.5. The second-order valence-electron chi connectivity index (χ2n) is 4.15. The van der Waals surface area contributed by atoms with Crippen LogP contribution in [0.1, 0.15) is 13.3 Å². The number of fused-ring (bicyclic) bond motifs is 1. The molecule has 0 aliphatic rings. The van der Waals surface area contributed by atoms with E-state index in [9.17, 15) is 0 Å². The summed E-state index contributed by atoms with van der Waals surface area (Å²) in [7, 11) is 0. The predicted molar refractivity (Wildman–Crippen MR) is 72.4 cm³/mol. The predicted octanol–water partition coefficient (Wildman–Crippen LogP) is 2.60. The molecule has 2 heterocycles. The van der Waals surface area contributed by atoms with Crippen LogP contribution in [0.2, 0.25) is 0 Å². The molecule has 0 spiro atoms. The topological polar surface area (TPSA) is 52.8 Å². The summed E-state index contributed by atoms with van der Waals surface area (Å²) in [6.07, 6.45) is 4.45. The van der Waals surface area contributed by atoms with Crippen molar-refractivity contribution in [1.29, 1.82) is 0 Å². The molecule has 0 amide bonds. The van der Waals surface area contributed by atoms with E-state index >= 15 is 0 Å². The molecule has 2 aromatic heterocycles. The SMILES string of the molecule is CCCOc1nc(-n2cccn2)nc2ccccc12. The lowest BCUT2D eigenvalue weighted by molar-refractivity contribution is 0.308. The second kappa shape index (κ2) is 5.06. The van der Waals surface area contributed by atoms with Crippen molar-refractivity contribution >= 4 is 10.9 Å². The van der Waals surface area contributed by atoms with Gasteiger partial charge in [-0.3, -0.25) is 0 Å². The first-order valence-corrected chi connectivity index (χ1v) is 6.28. The van der Waals surface area contributed by atoms with Gasteiger partial charge in [0.05, 0.1) is 17.5 Å². The minimum atomic E-state index is 0.523. The number of rotatable bonds is 4. The van der Waals surface area contributed by atoms with Crippen molar-refractivity contribution in [2.45, 2.75) is 13.3 Å². The molecule has 0 unspecified atom stereocenters. The van der Waals surface area contributed by atoms with Crippen molar-refractivity contribution in [1.82, 2.24) is 19.7 Å². The molecule has 0 aliphatic heterocycles. The third-order valence-corrected chi connectivity index (χ3v) is 2.71. The monoisotopic (exact) mass is 254 g/mol. The van der Waals surface area contributed by atoms with Crippen molar-refractivity contribution < 1.29 is 4.74 Å².